The zero-order chi connectivity index (χ0) is 13.7. The van der Waals surface area contributed by atoms with Gasteiger partial charge in [0, 0.05) is 13.7 Å². The van der Waals surface area contributed by atoms with Gasteiger partial charge in [0.05, 0.1) is 35.9 Å². The van der Waals surface area contributed by atoms with Crippen LogP contribution < -0.4 is 5.32 Å². The third-order valence-corrected chi connectivity index (χ3v) is 3.20. The molecule has 1 amide bonds. The summed E-state index contributed by atoms with van der Waals surface area (Å²) < 4.78 is 10.7. The van der Waals surface area contributed by atoms with Crippen LogP contribution in [0.3, 0.4) is 0 Å². The second-order valence-electron chi connectivity index (χ2n) is 4.38. The predicted molar refractivity (Wildman–Crippen MR) is 68.6 cm³/mol. The fraction of sp³-hybridized carbons (Fsp3) is 0.429. The number of carbonyl (C=O) groups is 1. The fourth-order valence-corrected chi connectivity index (χ4v) is 2.16. The monoisotopic (exact) mass is 260 g/mol. The lowest BCUT2D eigenvalue weighted by Gasteiger charge is -2.31. The van der Waals surface area contributed by atoms with E-state index < -0.39 is 0 Å². The van der Waals surface area contributed by atoms with Crippen molar-refractivity contribution in [2.75, 3.05) is 20.3 Å². The lowest BCUT2D eigenvalue weighted by Crippen LogP contribution is -2.50. The number of hydrogen-bond donors (Lipinski definition) is 1. The van der Waals surface area contributed by atoms with E-state index in [9.17, 15) is 4.79 Å². The van der Waals surface area contributed by atoms with Gasteiger partial charge in [-0.15, -0.1) is 0 Å². The summed E-state index contributed by atoms with van der Waals surface area (Å²) in [5.74, 6) is -0.269. The quantitative estimate of drug-likeness (QED) is 0.883. The smallest absolute Gasteiger partial charge is 0.253 e. The molecule has 2 atom stereocenters. The lowest BCUT2D eigenvalue weighted by molar-refractivity contribution is -0.0349. The molecule has 0 radical (unpaired) electrons. The van der Waals surface area contributed by atoms with Crippen LogP contribution in [-0.4, -0.2) is 38.4 Å². The molecule has 1 saturated heterocycles. The van der Waals surface area contributed by atoms with Gasteiger partial charge in [-0.2, -0.15) is 5.26 Å². The molecule has 1 aromatic rings. The van der Waals surface area contributed by atoms with Crippen LogP contribution in [0.1, 0.15) is 22.3 Å². The summed E-state index contributed by atoms with van der Waals surface area (Å²) in [6.45, 7) is 1.07. The Morgan fingerprint density at radius 2 is 2.32 bits per heavy atom. The average molecular weight is 260 g/mol. The minimum atomic E-state index is -0.269. The Hall–Kier alpha value is -1.90. The summed E-state index contributed by atoms with van der Waals surface area (Å²) in [4.78, 5) is 12.2. The molecule has 5 nitrogen and oxygen atoms in total. The number of carbonyl (C=O) groups excluding carboxylic acids is 1. The van der Waals surface area contributed by atoms with Crippen LogP contribution in [0.25, 0.3) is 0 Å². The topological polar surface area (TPSA) is 71.3 Å². The fourth-order valence-electron chi connectivity index (χ4n) is 2.16. The highest BCUT2D eigenvalue weighted by molar-refractivity contribution is 5.96. The lowest BCUT2D eigenvalue weighted by atomic mass is 10.0. The van der Waals surface area contributed by atoms with E-state index in [1.54, 1.807) is 31.4 Å². The molecule has 1 fully saturated rings. The van der Waals surface area contributed by atoms with Gasteiger partial charge in [0.15, 0.2) is 0 Å². The first-order chi connectivity index (χ1) is 9.26. The van der Waals surface area contributed by atoms with E-state index in [1.165, 1.54) is 0 Å². The maximum absolute atomic E-state index is 12.2. The summed E-state index contributed by atoms with van der Waals surface area (Å²) in [7, 11) is 1.62. The molecule has 1 aliphatic rings. The number of nitriles is 1. The standard InChI is InChI=1S/C14H16N2O3/c1-18-13-6-7-19-9-12(13)16-14(17)11-5-3-2-4-10(11)8-15/h2-5,12-13H,6-7,9H2,1H3,(H,16,17)/t12-,13-/m1/s1. The summed E-state index contributed by atoms with van der Waals surface area (Å²) in [5, 5.41) is 11.9. The van der Waals surface area contributed by atoms with E-state index in [-0.39, 0.29) is 18.1 Å². The van der Waals surface area contributed by atoms with Gasteiger partial charge in [0.1, 0.15) is 0 Å². The third-order valence-electron chi connectivity index (χ3n) is 3.20. The van der Waals surface area contributed by atoms with Crippen LogP contribution in [0.2, 0.25) is 0 Å². The van der Waals surface area contributed by atoms with E-state index in [0.717, 1.165) is 6.42 Å². The summed E-state index contributed by atoms with van der Waals surface area (Å²) in [5.41, 5.74) is 0.746. The number of methoxy groups -OCH3 is 1. The molecule has 2 rings (SSSR count). The van der Waals surface area contributed by atoms with Crippen LogP contribution in [0.15, 0.2) is 24.3 Å². The molecule has 1 N–H and O–H groups in total. The van der Waals surface area contributed by atoms with E-state index in [2.05, 4.69) is 5.32 Å². The molecule has 0 aromatic heterocycles. The molecular formula is C14H16N2O3. The second kappa shape index (κ2) is 6.32. The Morgan fingerprint density at radius 3 is 3.05 bits per heavy atom. The number of amides is 1. The van der Waals surface area contributed by atoms with Gasteiger partial charge in [0.25, 0.3) is 5.91 Å². The van der Waals surface area contributed by atoms with Crippen LogP contribution in [0.4, 0.5) is 0 Å². The van der Waals surface area contributed by atoms with Crippen molar-refractivity contribution in [3.63, 3.8) is 0 Å². The molecule has 1 heterocycles. The largest absolute Gasteiger partial charge is 0.379 e. The molecule has 5 heteroatoms. The normalized spacial score (nSPS) is 22.5. The highest BCUT2D eigenvalue weighted by Gasteiger charge is 2.27. The molecular weight excluding hydrogens is 244 g/mol. The first kappa shape index (κ1) is 13.5. The highest BCUT2D eigenvalue weighted by atomic mass is 16.5. The summed E-state index contributed by atoms with van der Waals surface area (Å²) in [6, 6.07) is 8.57. The molecule has 0 saturated carbocycles. The van der Waals surface area contributed by atoms with Crippen molar-refractivity contribution in [2.24, 2.45) is 0 Å². The van der Waals surface area contributed by atoms with Crippen molar-refractivity contribution >= 4 is 5.91 Å². The van der Waals surface area contributed by atoms with E-state index in [4.69, 9.17) is 14.7 Å². The summed E-state index contributed by atoms with van der Waals surface area (Å²) >= 11 is 0. The molecule has 1 aromatic carbocycles. The SMILES string of the molecule is CO[C@@H]1CCOC[C@H]1NC(=O)c1ccccc1C#N. The Bertz CT molecular complexity index is 496. The van der Waals surface area contributed by atoms with E-state index in [0.29, 0.717) is 24.3 Å². The number of hydrogen-bond acceptors (Lipinski definition) is 4. The van der Waals surface area contributed by atoms with Crippen molar-refractivity contribution in [3.05, 3.63) is 35.4 Å². The van der Waals surface area contributed by atoms with Gasteiger partial charge in [0.2, 0.25) is 0 Å². The zero-order valence-electron chi connectivity index (χ0n) is 10.8. The number of nitrogens with one attached hydrogen (secondary N) is 1. The minimum Gasteiger partial charge on any atom is -0.379 e. The molecule has 100 valence electrons. The number of benzene rings is 1. The molecule has 0 bridgehead atoms. The maximum Gasteiger partial charge on any atom is 0.253 e. The van der Waals surface area contributed by atoms with Gasteiger partial charge >= 0.3 is 0 Å². The third kappa shape index (κ3) is 3.11. The van der Waals surface area contributed by atoms with Crippen LogP contribution in [0.5, 0.6) is 0 Å². The predicted octanol–water partition coefficient (Wildman–Crippen LogP) is 1.09. The van der Waals surface area contributed by atoms with E-state index >= 15 is 0 Å². The molecule has 0 spiro atoms. The van der Waals surface area contributed by atoms with Gasteiger partial charge in [-0.1, -0.05) is 12.1 Å². The van der Waals surface area contributed by atoms with Gasteiger partial charge in [-0.05, 0) is 18.6 Å². The van der Waals surface area contributed by atoms with Crippen molar-refractivity contribution in [1.29, 1.82) is 5.26 Å². The number of rotatable bonds is 3. The second-order valence-corrected chi connectivity index (χ2v) is 4.38. The van der Waals surface area contributed by atoms with Crippen LogP contribution in [-0.2, 0) is 9.47 Å². The van der Waals surface area contributed by atoms with Crippen molar-refractivity contribution in [3.8, 4) is 6.07 Å². The Balaban J connectivity index is 2.10. The first-order valence-corrected chi connectivity index (χ1v) is 6.16. The van der Waals surface area contributed by atoms with Crippen molar-refractivity contribution < 1.29 is 14.3 Å². The minimum absolute atomic E-state index is 0.0491. The van der Waals surface area contributed by atoms with Crippen molar-refractivity contribution in [2.45, 2.75) is 18.6 Å². The molecule has 1 aliphatic heterocycles. The Kier molecular flexibility index (Phi) is 4.50. The van der Waals surface area contributed by atoms with Crippen LogP contribution in [0, 0.1) is 11.3 Å². The summed E-state index contributed by atoms with van der Waals surface area (Å²) in [6.07, 6.45) is 0.702. The van der Waals surface area contributed by atoms with Gasteiger partial charge < -0.3 is 14.8 Å². The maximum atomic E-state index is 12.2. The van der Waals surface area contributed by atoms with E-state index in [1.807, 2.05) is 6.07 Å². The first-order valence-electron chi connectivity index (χ1n) is 6.16. The van der Waals surface area contributed by atoms with Crippen molar-refractivity contribution in [1.82, 2.24) is 5.32 Å². The zero-order valence-corrected chi connectivity index (χ0v) is 10.8. The van der Waals surface area contributed by atoms with Gasteiger partial charge in [-0.3, -0.25) is 4.79 Å². The Labute approximate surface area is 112 Å². The molecule has 0 aliphatic carbocycles. The molecule has 19 heavy (non-hydrogen) atoms. The Morgan fingerprint density at radius 1 is 1.53 bits per heavy atom. The number of ether oxygens (including phenoxy) is 2. The highest BCUT2D eigenvalue weighted by Crippen LogP contribution is 2.13. The molecule has 0 unspecified atom stereocenters. The average Bonchev–Trinajstić information content (AvgIpc) is 2.47. The van der Waals surface area contributed by atoms with Crippen LogP contribution >= 0.6 is 0 Å². The number of nitrogens with zero attached hydrogens (tertiary/aromatic N) is 1. The van der Waals surface area contributed by atoms with Gasteiger partial charge in [-0.25, -0.2) is 0 Å².